The van der Waals surface area contributed by atoms with Crippen LogP contribution in [0.2, 0.25) is 0 Å². The van der Waals surface area contributed by atoms with Crippen LogP contribution in [0.25, 0.3) is 11.0 Å². The Hall–Kier alpha value is -1.84. The Morgan fingerprint density at radius 2 is 2.21 bits per heavy atom. The molecule has 4 nitrogen and oxygen atoms in total. The molecule has 102 valence electrons. The number of carbonyl (C=O) groups is 1. The van der Waals surface area contributed by atoms with Crippen molar-refractivity contribution in [3.05, 3.63) is 30.1 Å². The Morgan fingerprint density at radius 1 is 1.42 bits per heavy atom. The van der Waals surface area contributed by atoms with Gasteiger partial charge in [-0.1, -0.05) is 20.3 Å². The molecule has 1 aromatic heterocycles. The lowest BCUT2D eigenvalue weighted by Crippen LogP contribution is -2.34. The third-order valence-electron chi connectivity index (χ3n) is 3.57. The van der Waals surface area contributed by atoms with Gasteiger partial charge in [0.2, 0.25) is 0 Å². The molecule has 1 N–H and O–H groups in total. The average molecular weight is 259 g/mol. The third-order valence-corrected chi connectivity index (χ3v) is 3.57. The van der Waals surface area contributed by atoms with E-state index in [9.17, 15) is 4.79 Å². The van der Waals surface area contributed by atoms with Crippen LogP contribution in [0.15, 0.2) is 24.5 Å². The van der Waals surface area contributed by atoms with Gasteiger partial charge < -0.3 is 9.88 Å². The van der Waals surface area contributed by atoms with Gasteiger partial charge >= 0.3 is 0 Å². The highest BCUT2D eigenvalue weighted by atomic mass is 16.2. The van der Waals surface area contributed by atoms with E-state index in [1.165, 1.54) is 0 Å². The molecule has 0 aliphatic rings. The quantitative estimate of drug-likeness (QED) is 0.897. The number of hydrogen-bond acceptors (Lipinski definition) is 2. The van der Waals surface area contributed by atoms with Gasteiger partial charge in [-0.25, -0.2) is 4.98 Å². The maximum atomic E-state index is 12.5. The molecule has 0 saturated heterocycles. The van der Waals surface area contributed by atoms with Crippen LogP contribution >= 0.6 is 0 Å². The first-order valence-electron chi connectivity index (χ1n) is 6.88. The van der Waals surface area contributed by atoms with E-state index in [1.54, 1.807) is 6.33 Å². The molecule has 0 spiro atoms. The van der Waals surface area contributed by atoms with E-state index in [1.807, 2.05) is 30.0 Å². The number of benzene rings is 1. The van der Waals surface area contributed by atoms with Gasteiger partial charge in [-0.15, -0.1) is 0 Å². The van der Waals surface area contributed by atoms with E-state index in [0.29, 0.717) is 5.92 Å². The smallest absolute Gasteiger partial charge is 0.253 e. The molecule has 1 aromatic carbocycles. The number of nitrogens with one attached hydrogen (secondary N) is 1. The topological polar surface area (TPSA) is 49.0 Å². The fraction of sp³-hybridized carbons (Fsp3) is 0.467. The number of aromatic amines is 1. The van der Waals surface area contributed by atoms with Crippen molar-refractivity contribution in [1.82, 2.24) is 14.9 Å². The molecule has 0 radical (unpaired) electrons. The summed E-state index contributed by atoms with van der Waals surface area (Å²) in [6, 6.07) is 5.62. The van der Waals surface area contributed by atoms with E-state index >= 15 is 0 Å². The Kier molecular flexibility index (Phi) is 4.20. The number of amides is 1. The van der Waals surface area contributed by atoms with Crippen molar-refractivity contribution >= 4 is 16.9 Å². The second-order valence-corrected chi connectivity index (χ2v) is 4.99. The maximum absolute atomic E-state index is 12.5. The monoisotopic (exact) mass is 259 g/mol. The second kappa shape index (κ2) is 5.87. The highest BCUT2D eigenvalue weighted by Gasteiger charge is 2.16. The van der Waals surface area contributed by atoms with Gasteiger partial charge in [0.05, 0.1) is 17.4 Å². The summed E-state index contributed by atoms with van der Waals surface area (Å²) in [4.78, 5) is 21.6. The summed E-state index contributed by atoms with van der Waals surface area (Å²) >= 11 is 0. The molecule has 1 unspecified atom stereocenters. The molecule has 19 heavy (non-hydrogen) atoms. The van der Waals surface area contributed by atoms with Gasteiger partial charge in [-0.2, -0.15) is 0 Å². The normalized spacial score (nSPS) is 12.6. The number of aromatic nitrogens is 2. The van der Waals surface area contributed by atoms with Gasteiger partial charge in [0.1, 0.15) is 0 Å². The molecule has 1 atom stereocenters. The lowest BCUT2D eigenvalue weighted by molar-refractivity contribution is 0.0741. The van der Waals surface area contributed by atoms with Crippen molar-refractivity contribution in [2.75, 3.05) is 13.1 Å². The Bertz CT molecular complexity index is 561. The summed E-state index contributed by atoms with van der Waals surface area (Å²) in [7, 11) is 0. The SMILES string of the molecule is CCC(C)CN(CC)C(=O)c1ccc2nc[nH]c2c1. The molecule has 2 aromatic rings. The van der Waals surface area contributed by atoms with Crippen LogP contribution in [0.3, 0.4) is 0 Å². The number of fused-ring (bicyclic) bond motifs is 1. The summed E-state index contributed by atoms with van der Waals surface area (Å²) < 4.78 is 0. The molecule has 2 rings (SSSR count). The van der Waals surface area contributed by atoms with E-state index < -0.39 is 0 Å². The zero-order valence-electron chi connectivity index (χ0n) is 11.8. The van der Waals surface area contributed by atoms with Crippen molar-refractivity contribution in [2.45, 2.75) is 27.2 Å². The fourth-order valence-electron chi connectivity index (χ4n) is 2.11. The minimum atomic E-state index is 0.0966. The first kappa shape index (κ1) is 13.6. The van der Waals surface area contributed by atoms with Crippen molar-refractivity contribution in [3.8, 4) is 0 Å². The summed E-state index contributed by atoms with van der Waals surface area (Å²) in [5.74, 6) is 0.624. The van der Waals surface area contributed by atoms with Crippen molar-refractivity contribution in [1.29, 1.82) is 0 Å². The molecule has 1 heterocycles. The minimum Gasteiger partial charge on any atom is -0.345 e. The molecule has 0 aliphatic heterocycles. The number of hydrogen-bond donors (Lipinski definition) is 1. The Morgan fingerprint density at radius 3 is 2.89 bits per heavy atom. The summed E-state index contributed by atoms with van der Waals surface area (Å²) in [6.07, 6.45) is 2.74. The zero-order chi connectivity index (χ0) is 13.8. The van der Waals surface area contributed by atoms with Crippen LogP contribution in [-0.4, -0.2) is 33.9 Å². The average Bonchev–Trinajstić information content (AvgIpc) is 2.90. The van der Waals surface area contributed by atoms with Crippen molar-refractivity contribution < 1.29 is 4.79 Å². The third kappa shape index (κ3) is 2.95. The van der Waals surface area contributed by atoms with E-state index in [0.717, 1.165) is 36.1 Å². The Labute approximate surface area is 113 Å². The number of nitrogens with zero attached hydrogens (tertiary/aromatic N) is 2. The zero-order valence-corrected chi connectivity index (χ0v) is 11.8. The molecular formula is C15H21N3O. The number of carbonyl (C=O) groups excluding carboxylic acids is 1. The summed E-state index contributed by atoms with van der Waals surface area (Å²) in [6.45, 7) is 7.90. The van der Waals surface area contributed by atoms with Crippen LogP contribution < -0.4 is 0 Å². The molecule has 4 heteroatoms. The summed E-state index contributed by atoms with van der Waals surface area (Å²) in [5.41, 5.74) is 2.52. The highest BCUT2D eigenvalue weighted by molar-refractivity contribution is 5.97. The van der Waals surface area contributed by atoms with E-state index in [4.69, 9.17) is 0 Å². The van der Waals surface area contributed by atoms with E-state index in [2.05, 4.69) is 23.8 Å². The largest absolute Gasteiger partial charge is 0.345 e. The van der Waals surface area contributed by atoms with Gasteiger partial charge in [0.25, 0.3) is 5.91 Å². The lowest BCUT2D eigenvalue weighted by Gasteiger charge is -2.24. The number of rotatable bonds is 5. The highest BCUT2D eigenvalue weighted by Crippen LogP contribution is 2.15. The molecule has 0 saturated carbocycles. The first-order valence-corrected chi connectivity index (χ1v) is 6.88. The Balaban J connectivity index is 2.20. The molecular weight excluding hydrogens is 238 g/mol. The second-order valence-electron chi connectivity index (χ2n) is 4.99. The molecule has 0 aliphatic carbocycles. The predicted octanol–water partition coefficient (Wildman–Crippen LogP) is 3.07. The van der Waals surface area contributed by atoms with Crippen molar-refractivity contribution in [3.63, 3.8) is 0 Å². The fourth-order valence-corrected chi connectivity index (χ4v) is 2.11. The number of H-pyrrole nitrogens is 1. The lowest BCUT2D eigenvalue weighted by atomic mass is 10.1. The number of imidazole rings is 1. The van der Waals surface area contributed by atoms with Crippen LogP contribution in [0.5, 0.6) is 0 Å². The van der Waals surface area contributed by atoms with Crippen LogP contribution in [0.4, 0.5) is 0 Å². The standard InChI is InChI=1S/C15H21N3O/c1-4-11(3)9-18(5-2)15(19)12-6-7-13-14(8-12)17-10-16-13/h6-8,10-11H,4-5,9H2,1-3H3,(H,16,17). The first-order chi connectivity index (χ1) is 9.15. The van der Waals surface area contributed by atoms with Crippen LogP contribution in [0, 0.1) is 5.92 Å². The molecule has 0 fully saturated rings. The molecule has 1 amide bonds. The van der Waals surface area contributed by atoms with Crippen LogP contribution in [-0.2, 0) is 0 Å². The molecule has 0 bridgehead atoms. The predicted molar refractivity (Wildman–Crippen MR) is 77.1 cm³/mol. The van der Waals surface area contributed by atoms with Gasteiger partial charge in [-0.3, -0.25) is 4.79 Å². The van der Waals surface area contributed by atoms with Crippen LogP contribution in [0.1, 0.15) is 37.6 Å². The van der Waals surface area contributed by atoms with Gasteiger partial charge in [-0.05, 0) is 31.0 Å². The van der Waals surface area contributed by atoms with Crippen molar-refractivity contribution in [2.24, 2.45) is 5.92 Å². The maximum Gasteiger partial charge on any atom is 0.253 e. The van der Waals surface area contributed by atoms with Gasteiger partial charge in [0, 0.05) is 18.7 Å². The van der Waals surface area contributed by atoms with Gasteiger partial charge in [0.15, 0.2) is 0 Å². The van der Waals surface area contributed by atoms with E-state index in [-0.39, 0.29) is 5.91 Å². The minimum absolute atomic E-state index is 0.0966. The summed E-state index contributed by atoms with van der Waals surface area (Å²) in [5, 5.41) is 0.